The second-order valence-electron chi connectivity index (χ2n) is 6.70. The van der Waals surface area contributed by atoms with Crippen LogP contribution in [-0.4, -0.2) is 36.6 Å². The monoisotopic (exact) mass is 537 g/mol. The molecule has 0 spiro atoms. The maximum Gasteiger partial charge on any atom is 0.293 e. The minimum absolute atomic E-state index is 0.0266. The van der Waals surface area contributed by atoms with Crippen LogP contribution in [0.5, 0.6) is 23.0 Å². The summed E-state index contributed by atoms with van der Waals surface area (Å²) in [5.41, 5.74) is 1.26. The third kappa shape index (κ3) is 4.46. The van der Waals surface area contributed by atoms with E-state index in [0.717, 1.165) is 16.7 Å². The van der Waals surface area contributed by atoms with Gasteiger partial charge in [0, 0.05) is 11.1 Å². The van der Waals surface area contributed by atoms with Crippen molar-refractivity contribution in [2.24, 2.45) is 0 Å². The topological polar surface area (TPSA) is 74.3 Å². The smallest absolute Gasteiger partial charge is 0.293 e. The molecule has 2 aliphatic heterocycles. The molecule has 1 fully saturated rings. The van der Waals surface area contributed by atoms with Gasteiger partial charge in [0.05, 0.1) is 23.0 Å². The fourth-order valence-corrected chi connectivity index (χ4v) is 4.77. The largest absolute Gasteiger partial charge is 0.493 e. The number of hydrogen-bond acceptors (Lipinski definition) is 7. The van der Waals surface area contributed by atoms with Gasteiger partial charge in [0.25, 0.3) is 11.1 Å². The molecule has 0 atom stereocenters. The van der Waals surface area contributed by atoms with Gasteiger partial charge in [-0.25, -0.2) is 0 Å². The van der Waals surface area contributed by atoms with Crippen molar-refractivity contribution in [1.82, 2.24) is 4.90 Å². The Kier molecular flexibility index (Phi) is 6.68. The van der Waals surface area contributed by atoms with Crippen LogP contribution in [0.3, 0.4) is 0 Å². The SMILES string of the molecule is C=CCOc1c(Br)cc(/C=C2\SC(=O)N(Cc3cc4c(cc3Cl)OCO4)C2=O)cc1OC. The Hall–Kier alpha value is -2.62. The molecule has 32 heavy (non-hydrogen) atoms. The van der Waals surface area contributed by atoms with E-state index in [1.54, 1.807) is 36.4 Å². The van der Waals surface area contributed by atoms with Gasteiger partial charge in [-0.2, -0.15) is 0 Å². The van der Waals surface area contributed by atoms with Crippen molar-refractivity contribution >= 4 is 56.5 Å². The Balaban J connectivity index is 1.58. The number of nitrogens with zero attached hydrogens (tertiary/aromatic N) is 1. The van der Waals surface area contributed by atoms with Gasteiger partial charge >= 0.3 is 0 Å². The Labute approximate surface area is 202 Å². The van der Waals surface area contributed by atoms with E-state index in [0.29, 0.717) is 55.1 Å². The average molecular weight is 539 g/mol. The fourth-order valence-electron chi connectivity index (χ4n) is 3.14. The first-order valence-electron chi connectivity index (χ1n) is 9.36. The molecule has 166 valence electrons. The molecule has 2 aliphatic rings. The Morgan fingerprint density at radius 3 is 2.72 bits per heavy atom. The van der Waals surface area contributed by atoms with Crippen molar-refractivity contribution in [3.05, 3.63) is 62.4 Å². The molecule has 1 saturated heterocycles. The summed E-state index contributed by atoms with van der Waals surface area (Å²) < 4.78 is 22.3. The zero-order valence-electron chi connectivity index (χ0n) is 16.9. The van der Waals surface area contributed by atoms with Gasteiger partial charge in [0.1, 0.15) is 6.61 Å². The van der Waals surface area contributed by atoms with Crippen LogP contribution in [0.15, 0.2) is 46.3 Å². The first-order valence-corrected chi connectivity index (χ1v) is 11.3. The number of benzene rings is 2. The van der Waals surface area contributed by atoms with E-state index in [4.69, 9.17) is 30.5 Å². The summed E-state index contributed by atoms with van der Waals surface area (Å²) in [7, 11) is 1.52. The number of imide groups is 1. The molecule has 7 nitrogen and oxygen atoms in total. The minimum Gasteiger partial charge on any atom is -0.493 e. The van der Waals surface area contributed by atoms with Gasteiger partial charge in [-0.15, -0.1) is 0 Å². The minimum atomic E-state index is -0.407. The predicted octanol–water partition coefficient (Wildman–Crippen LogP) is 5.64. The summed E-state index contributed by atoms with van der Waals surface area (Å²) in [6.45, 7) is 4.08. The maximum atomic E-state index is 13.0. The van der Waals surface area contributed by atoms with Gasteiger partial charge in [0.2, 0.25) is 6.79 Å². The van der Waals surface area contributed by atoms with Crippen LogP contribution in [0.25, 0.3) is 6.08 Å². The van der Waals surface area contributed by atoms with E-state index in [1.165, 1.54) is 7.11 Å². The molecule has 4 rings (SSSR count). The molecular weight excluding hydrogens is 522 g/mol. The fraction of sp³-hybridized carbons (Fsp3) is 0.182. The number of hydrogen-bond donors (Lipinski definition) is 0. The van der Waals surface area contributed by atoms with E-state index in [1.807, 2.05) is 0 Å². The molecule has 0 radical (unpaired) electrons. The highest BCUT2D eigenvalue weighted by Crippen LogP contribution is 2.41. The molecule has 0 saturated carbocycles. The summed E-state index contributed by atoms with van der Waals surface area (Å²) in [6, 6.07) is 6.81. The molecule has 2 aromatic rings. The van der Waals surface area contributed by atoms with Crippen LogP contribution in [0.4, 0.5) is 4.79 Å². The van der Waals surface area contributed by atoms with Crippen molar-refractivity contribution in [3.63, 3.8) is 0 Å². The Morgan fingerprint density at radius 1 is 1.25 bits per heavy atom. The van der Waals surface area contributed by atoms with Crippen LogP contribution < -0.4 is 18.9 Å². The zero-order chi connectivity index (χ0) is 22.8. The van der Waals surface area contributed by atoms with Crippen LogP contribution in [0, 0.1) is 0 Å². The zero-order valence-corrected chi connectivity index (χ0v) is 20.0. The predicted molar refractivity (Wildman–Crippen MR) is 125 cm³/mol. The third-order valence-electron chi connectivity index (χ3n) is 4.64. The van der Waals surface area contributed by atoms with E-state index in [-0.39, 0.29) is 18.6 Å². The molecule has 0 N–H and O–H groups in total. The number of carbonyl (C=O) groups is 2. The van der Waals surface area contributed by atoms with Crippen molar-refractivity contribution in [1.29, 1.82) is 0 Å². The van der Waals surface area contributed by atoms with Crippen molar-refractivity contribution in [2.45, 2.75) is 6.54 Å². The van der Waals surface area contributed by atoms with Crippen molar-refractivity contribution < 1.29 is 28.5 Å². The first kappa shape index (κ1) is 22.6. The summed E-state index contributed by atoms with van der Waals surface area (Å²) in [5.74, 6) is 1.67. The van der Waals surface area contributed by atoms with Gasteiger partial charge in [-0.3, -0.25) is 14.5 Å². The maximum absolute atomic E-state index is 13.0. The quantitative estimate of drug-likeness (QED) is 0.334. The Morgan fingerprint density at radius 2 is 2.00 bits per heavy atom. The van der Waals surface area contributed by atoms with E-state index in [2.05, 4.69) is 22.5 Å². The number of carbonyl (C=O) groups excluding carboxylic acids is 2. The van der Waals surface area contributed by atoms with Crippen molar-refractivity contribution in [3.8, 4) is 23.0 Å². The molecule has 0 aromatic heterocycles. The van der Waals surface area contributed by atoms with E-state index in [9.17, 15) is 9.59 Å². The van der Waals surface area contributed by atoms with Gasteiger partial charge < -0.3 is 18.9 Å². The lowest BCUT2D eigenvalue weighted by atomic mass is 10.1. The number of rotatable bonds is 7. The molecule has 2 aromatic carbocycles. The second kappa shape index (κ2) is 9.48. The molecule has 0 bridgehead atoms. The second-order valence-corrected chi connectivity index (χ2v) is 8.95. The van der Waals surface area contributed by atoms with Gasteiger partial charge in [0.15, 0.2) is 23.0 Å². The number of methoxy groups -OCH3 is 1. The Bertz CT molecular complexity index is 1150. The van der Waals surface area contributed by atoms with Crippen molar-refractivity contribution in [2.75, 3.05) is 20.5 Å². The lowest BCUT2D eigenvalue weighted by Crippen LogP contribution is -2.27. The number of fused-ring (bicyclic) bond motifs is 1. The molecule has 10 heteroatoms. The molecule has 0 aliphatic carbocycles. The van der Waals surface area contributed by atoms with Crippen LogP contribution in [0.1, 0.15) is 11.1 Å². The van der Waals surface area contributed by atoms with Crippen LogP contribution in [0.2, 0.25) is 5.02 Å². The average Bonchev–Trinajstić information content (AvgIpc) is 3.31. The number of halogens is 2. The molecule has 2 amide bonds. The highest BCUT2D eigenvalue weighted by atomic mass is 79.9. The lowest BCUT2D eigenvalue weighted by Gasteiger charge is -2.14. The number of ether oxygens (including phenoxy) is 4. The van der Waals surface area contributed by atoms with Crippen LogP contribution in [-0.2, 0) is 11.3 Å². The van der Waals surface area contributed by atoms with E-state index < -0.39 is 5.91 Å². The number of thioether (sulfide) groups is 1. The third-order valence-corrected chi connectivity index (χ3v) is 6.49. The molecular formula is C22H17BrClNO6S. The highest BCUT2D eigenvalue weighted by molar-refractivity contribution is 9.10. The molecule has 0 unspecified atom stereocenters. The summed E-state index contributed by atoms with van der Waals surface area (Å²) in [6.07, 6.45) is 3.26. The normalized spacial score (nSPS) is 16.1. The highest BCUT2D eigenvalue weighted by Gasteiger charge is 2.36. The van der Waals surface area contributed by atoms with Gasteiger partial charge in [-0.1, -0.05) is 24.3 Å². The molecule has 2 heterocycles. The summed E-state index contributed by atoms with van der Waals surface area (Å²) >= 11 is 10.6. The standard InChI is InChI=1S/C22H17BrClNO6S/c1-3-4-29-20-14(23)5-12(6-18(20)28-2)7-19-21(26)25(22(27)32-19)10-13-8-16-17(9-15(13)24)31-11-30-16/h3,5-9H,1,4,10-11H2,2H3/b19-7-. The first-order chi connectivity index (χ1) is 15.4. The van der Waals surface area contributed by atoms with E-state index >= 15 is 0 Å². The summed E-state index contributed by atoms with van der Waals surface area (Å²) in [4.78, 5) is 27.0. The lowest BCUT2D eigenvalue weighted by molar-refractivity contribution is -0.123. The number of amides is 2. The van der Waals surface area contributed by atoms with Gasteiger partial charge in [-0.05, 0) is 63.1 Å². The summed E-state index contributed by atoms with van der Waals surface area (Å²) in [5, 5.41) is 0.00742. The van der Waals surface area contributed by atoms with Crippen LogP contribution >= 0.6 is 39.3 Å².